The number of amidine groups is 1. The van der Waals surface area contributed by atoms with Gasteiger partial charge >= 0.3 is 0 Å². The fourth-order valence-corrected chi connectivity index (χ4v) is 2.10. The van der Waals surface area contributed by atoms with Gasteiger partial charge in [0.25, 0.3) is 0 Å². The average Bonchev–Trinajstić information content (AvgIpc) is 2.57. The van der Waals surface area contributed by atoms with Gasteiger partial charge in [-0.05, 0) is 37.5 Å². The van der Waals surface area contributed by atoms with Crippen LogP contribution >= 0.6 is 0 Å². The van der Waals surface area contributed by atoms with Crippen molar-refractivity contribution in [1.29, 1.82) is 0 Å². The molecule has 0 radical (unpaired) electrons. The van der Waals surface area contributed by atoms with Gasteiger partial charge in [0.15, 0.2) is 0 Å². The molecule has 3 heteroatoms. The highest BCUT2D eigenvalue weighted by Crippen LogP contribution is 2.15. The number of hydrogen-bond donors (Lipinski definition) is 1. The molecule has 92 valence electrons. The number of hydrogen-bond acceptors (Lipinski definition) is 2. The smallest absolute Gasteiger partial charge is 0.123 e. The second-order valence-corrected chi connectivity index (χ2v) is 4.56. The number of aliphatic imine (C=N–C) groups is 1. The Bertz CT molecular complexity index is 401. The van der Waals surface area contributed by atoms with E-state index in [1.54, 1.807) is 12.1 Å². The molecule has 0 aromatic heterocycles. The van der Waals surface area contributed by atoms with Crippen LogP contribution in [0, 0.1) is 5.82 Å². The number of nitrogens with zero attached hydrogens (tertiary/aromatic N) is 1. The lowest BCUT2D eigenvalue weighted by atomic mass is 10.1. The molecule has 2 nitrogen and oxygen atoms in total. The van der Waals surface area contributed by atoms with Gasteiger partial charge in [-0.15, -0.1) is 0 Å². The van der Waals surface area contributed by atoms with Crippen LogP contribution in [-0.4, -0.2) is 12.4 Å². The van der Waals surface area contributed by atoms with Crippen molar-refractivity contribution in [1.82, 2.24) is 5.32 Å². The van der Waals surface area contributed by atoms with E-state index >= 15 is 0 Å². The van der Waals surface area contributed by atoms with Gasteiger partial charge in [-0.1, -0.05) is 18.6 Å². The molecule has 0 amide bonds. The summed E-state index contributed by atoms with van der Waals surface area (Å²) in [7, 11) is 0. The Morgan fingerprint density at radius 1 is 1.29 bits per heavy atom. The summed E-state index contributed by atoms with van der Waals surface area (Å²) in [6.07, 6.45) is 4.64. The highest BCUT2D eigenvalue weighted by atomic mass is 19.1. The molecule has 17 heavy (non-hydrogen) atoms. The van der Waals surface area contributed by atoms with E-state index in [-0.39, 0.29) is 11.9 Å². The Labute approximate surface area is 102 Å². The predicted octanol–water partition coefficient (Wildman–Crippen LogP) is 3.45. The molecule has 0 aliphatic carbocycles. The molecule has 0 unspecified atom stereocenters. The van der Waals surface area contributed by atoms with E-state index in [9.17, 15) is 4.39 Å². The Kier molecular flexibility index (Phi) is 4.13. The lowest BCUT2D eigenvalue weighted by Crippen LogP contribution is -2.26. The normalized spacial score (nSPS) is 18.1. The minimum Gasteiger partial charge on any atom is -0.367 e. The van der Waals surface area contributed by atoms with Gasteiger partial charge in [0.05, 0.1) is 5.84 Å². The number of rotatable bonds is 2. The van der Waals surface area contributed by atoms with Crippen molar-refractivity contribution in [3.63, 3.8) is 0 Å². The minimum atomic E-state index is -0.182. The molecule has 1 aliphatic rings. The second-order valence-electron chi connectivity index (χ2n) is 4.56. The van der Waals surface area contributed by atoms with Crippen molar-refractivity contribution in [2.45, 2.75) is 38.6 Å². The van der Waals surface area contributed by atoms with Gasteiger partial charge in [0, 0.05) is 19.0 Å². The molecular weight excluding hydrogens is 215 g/mol. The topological polar surface area (TPSA) is 24.4 Å². The first-order chi connectivity index (χ1) is 8.25. The van der Waals surface area contributed by atoms with Gasteiger partial charge in [-0.2, -0.15) is 0 Å². The van der Waals surface area contributed by atoms with Crippen molar-refractivity contribution >= 4 is 5.84 Å². The maximum Gasteiger partial charge on any atom is 0.123 e. The summed E-state index contributed by atoms with van der Waals surface area (Å²) >= 11 is 0. The van der Waals surface area contributed by atoms with Crippen molar-refractivity contribution in [3.8, 4) is 0 Å². The van der Waals surface area contributed by atoms with Crippen LogP contribution in [0.1, 0.15) is 44.2 Å². The van der Waals surface area contributed by atoms with Gasteiger partial charge in [-0.3, -0.25) is 4.99 Å². The number of benzene rings is 1. The lowest BCUT2D eigenvalue weighted by molar-refractivity contribution is 0.617. The molecule has 1 heterocycles. The van der Waals surface area contributed by atoms with Crippen molar-refractivity contribution in [3.05, 3.63) is 35.6 Å². The summed E-state index contributed by atoms with van der Waals surface area (Å²) in [5.41, 5.74) is 0.969. The van der Waals surface area contributed by atoms with Crippen LogP contribution in [-0.2, 0) is 0 Å². The monoisotopic (exact) mass is 234 g/mol. The lowest BCUT2D eigenvalue weighted by Gasteiger charge is -2.16. The molecule has 1 aromatic rings. The maximum atomic E-state index is 13.1. The Morgan fingerprint density at radius 3 is 3.00 bits per heavy atom. The molecule has 0 spiro atoms. The molecular formula is C14H19FN2. The molecule has 1 aliphatic heterocycles. The molecule has 1 atom stereocenters. The van der Waals surface area contributed by atoms with E-state index in [1.807, 2.05) is 13.0 Å². The zero-order valence-electron chi connectivity index (χ0n) is 10.2. The summed E-state index contributed by atoms with van der Waals surface area (Å²) in [5.74, 6) is 0.887. The van der Waals surface area contributed by atoms with Crippen LogP contribution in [0.2, 0.25) is 0 Å². The van der Waals surface area contributed by atoms with Crippen LogP contribution in [0.5, 0.6) is 0 Å². The van der Waals surface area contributed by atoms with Crippen LogP contribution in [0.3, 0.4) is 0 Å². The zero-order chi connectivity index (χ0) is 12.1. The molecule has 0 saturated heterocycles. The van der Waals surface area contributed by atoms with Gasteiger partial charge in [-0.25, -0.2) is 4.39 Å². The second kappa shape index (κ2) is 5.80. The Hall–Kier alpha value is -1.38. The highest BCUT2D eigenvalue weighted by Gasteiger charge is 2.10. The van der Waals surface area contributed by atoms with Crippen LogP contribution < -0.4 is 5.32 Å². The van der Waals surface area contributed by atoms with E-state index < -0.39 is 0 Å². The van der Waals surface area contributed by atoms with E-state index in [1.165, 1.54) is 25.3 Å². The first-order valence-corrected chi connectivity index (χ1v) is 6.31. The largest absolute Gasteiger partial charge is 0.367 e. The van der Waals surface area contributed by atoms with E-state index in [0.717, 1.165) is 24.4 Å². The van der Waals surface area contributed by atoms with E-state index in [2.05, 4.69) is 10.3 Å². The third-order valence-corrected chi connectivity index (χ3v) is 3.11. The molecule has 0 fully saturated rings. The molecule has 2 rings (SSSR count). The molecule has 1 N–H and O–H groups in total. The highest BCUT2D eigenvalue weighted by molar-refractivity contribution is 5.82. The van der Waals surface area contributed by atoms with Gasteiger partial charge < -0.3 is 5.32 Å². The van der Waals surface area contributed by atoms with Gasteiger partial charge in [0.2, 0.25) is 0 Å². The first kappa shape index (κ1) is 12.1. The Balaban J connectivity index is 2.00. The van der Waals surface area contributed by atoms with Crippen molar-refractivity contribution in [2.24, 2.45) is 4.99 Å². The quantitative estimate of drug-likeness (QED) is 0.832. The van der Waals surface area contributed by atoms with Crippen LogP contribution in [0.4, 0.5) is 4.39 Å². The summed E-state index contributed by atoms with van der Waals surface area (Å²) in [6, 6.07) is 6.85. The van der Waals surface area contributed by atoms with Crippen molar-refractivity contribution in [2.75, 3.05) is 6.54 Å². The molecule has 0 saturated carbocycles. The zero-order valence-corrected chi connectivity index (χ0v) is 10.2. The van der Waals surface area contributed by atoms with Gasteiger partial charge in [0.1, 0.15) is 5.82 Å². The molecule has 1 aromatic carbocycles. The number of nitrogens with one attached hydrogen (secondary N) is 1. The minimum absolute atomic E-state index is 0.113. The average molecular weight is 234 g/mol. The summed E-state index contributed by atoms with van der Waals surface area (Å²) in [6.45, 7) is 2.96. The maximum absolute atomic E-state index is 13.1. The fourth-order valence-electron chi connectivity index (χ4n) is 2.10. The van der Waals surface area contributed by atoms with E-state index in [4.69, 9.17) is 0 Å². The number of halogens is 1. The molecule has 0 bridgehead atoms. The van der Waals surface area contributed by atoms with E-state index in [0.29, 0.717) is 0 Å². The summed E-state index contributed by atoms with van der Waals surface area (Å²) in [4.78, 5) is 4.52. The SMILES string of the molecule is C[C@H](NC1=NCCCCC1)c1cccc(F)c1. The summed E-state index contributed by atoms with van der Waals surface area (Å²) in [5, 5.41) is 3.39. The first-order valence-electron chi connectivity index (χ1n) is 6.31. The fraction of sp³-hybridized carbons (Fsp3) is 0.500. The Morgan fingerprint density at radius 2 is 2.18 bits per heavy atom. The third-order valence-electron chi connectivity index (χ3n) is 3.11. The van der Waals surface area contributed by atoms with Crippen molar-refractivity contribution < 1.29 is 4.39 Å². The summed E-state index contributed by atoms with van der Waals surface area (Å²) < 4.78 is 13.1. The third kappa shape index (κ3) is 3.55. The van der Waals surface area contributed by atoms with Crippen LogP contribution in [0.25, 0.3) is 0 Å². The van der Waals surface area contributed by atoms with Crippen LogP contribution in [0.15, 0.2) is 29.3 Å². The predicted molar refractivity (Wildman–Crippen MR) is 68.7 cm³/mol. The standard InChI is InChI=1S/C14H19FN2/c1-11(12-6-5-7-13(15)10-12)17-14-8-3-2-4-9-16-14/h5-7,10-11H,2-4,8-9H2,1H3,(H,16,17)/t11-/m0/s1.